The normalized spacial score (nSPS) is 11.8. The van der Waals surface area contributed by atoms with Crippen molar-refractivity contribution in [2.75, 3.05) is 19.0 Å². The lowest BCUT2D eigenvalue weighted by molar-refractivity contribution is -0.142. The Kier molecular flexibility index (Phi) is 8.69. The van der Waals surface area contributed by atoms with Gasteiger partial charge in [0.2, 0.25) is 5.91 Å². The summed E-state index contributed by atoms with van der Waals surface area (Å²) >= 11 is 5.37. The fraction of sp³-hybridized carbons (Fsp3) is 0.727. The van der Waals surface area contributed by atoms with Crippen LogP contribution in [0.4, 0.5) is 4.79 Å². The van der Waals surface area contributed by atoms with Crippen LogP contribution in [0.5, 0.6) is 0 Å². The van der Waals surface area contributed by atoms with Crippen LogP contribution in [0.15, 0.2) is 0 Å². The third kappa shape index (κ3) is 9.12. The molecule has 1 atom stereocenters. The lowest BCUT2D eigenvalue weighted by Crippen LogP contribution is -2.47. The van der Waals surface area contributed by atoms with Gasteiger partial charge in [0.15, 0.2) is 0 Å². The Labute approximate surface area is 117 Å². The minimum atomic E-state index is -1.09. The second kappa shape index (κ2) is 9.43. The van der Waals surface area contributed by atoms with Crippen molar-refractivity contribution in [1.29, 1.82) is 0 Å². The Morgan fingerprint density at radius 1 is 1.21 bits per heavy atom. The van der Waals surface area contributed by atoms with Gasteiger partial charge in [0.1, 0.15) is 6.04 Å². The van der Waals surface area contributed by atoms with Gasteiger partial charge in [-0.1, -0.05) is 13.8 Å². The quantitative estimate of drug-likeness (QED) is 0.477. The third-order valence-corrected chi connectivity index (χ3v) is 2.32. The van der Waals surface area contributed by atoms with E-state index in [1.165, 1.54) is 0 Å². The van der Waals surface area contributed by atoms with Crippen molar-refractivity contribution in [3.05, 3.63) is 0 Å². The van der Waals surface area contributed by atoms with Crippen LogP contribution in [0, 0.1) is 5.92 Å². The molecule has 110 valence electrons. The Morgan fingerprint density at radius 3 is 2.32 bits per heavy atom. The fourth-order valence-corrected chi connectivity index (χ4v) is 1.42. The largest absolute Gasteiger partial charge is 0.480 e. The van der Waals surface area contributed by atoms with Gasteiger partial charge in [0.25, 0.3) is 0 Å². The second-order valence-corrected chi connectivity index (χ2v) is 4.76. The highest BCUT2D eigenvalue weighted by Crippen LogP contribution is 2.04. The molecule has 0 aromatic heterocycles. The van der Waals surface area contributed by atoms with Crippen molar-refractivity contribution in [2.24, 2.45) is 5.92 Å². The molecule has 0 fully saturated rings. The molecular formula is C11H20ClN3O4. The first kappa shape index (κ1) is 17.5. The second-order valence-electron chi connectivity index (χ2n) is 4.39. The standard InChI is InChI=1S/C11H20ClN3O4/c1-7(2)5-8(10(17)18)15-9(16)6-14-11(19)13-4-3-12/h7-8H,3-6H2,1-2H3,(H,15,16)(H,17,18)(H2,13,14,19)/t8-/m0/s1. The third-order valence-electron chi connectivity index (χ3n) is 2.13. The van der Waals surface area contributed by atoms with Crippen molar-refractivity contribution >= 4 is 29.5 Å². The molecule has 4 N–H and O–H groups in total. The van der Waals surface area contributed by atoms with Crippen LogP contribution in [0.25, 0.3) is 0 Å². The Balaban J connectivity index is 4.06. The number of urea groups is 1. The van der Waals surface area contributed by atoms with Gasteiger partial charge in [0.05, 0.1) is 6.54 Å². The van der Waals surface area contributed by atoms with Gasteiger partial charge in [-0.15, -0.1) is 11.6 Å². The van der Waals surface area contributed by atoms with E-state index in [0.717, 1.165) is 0 Å². The highest BCUT2D eigenvalue weighted by Gasteiger charge is 2.20. The molecule has 0 saturated heterocycles. The van der Waals surface area contributed by atoms with E-state index in [2.05, 4.69) is 16.0 Å². The van der Waals surface area contributed by atoms with Gasteiger partial charge < -0.3 is 21.1 Å². The molecule has 0 aliphatic heterocycles. The summed E-state index contributed by atoms with van der Waals surface area (Å²) in [4.78, 5) is 33.5. The van der Waals surface area contributed by atoms with Crippen molar-refractivity contribution < 1.29 is 19.5 Å². The number of nitrogens with one attached hydrogen (secondary N) is 3. The van der Waals surface area contributed by atoms with E-state index >= 15 is 0 Å². The maximum absolute atomic E-state index is 11.5. The molecule has 0 bridgehead atoms. The summed E-state index contributed by atoms with van der Waals surface area (Å²) in [5, 5.41) is 16.0. The number of hydrogen-bond acceptors (Lipinski definition) is 3. The number of rotatable bonds is 8. The summed E-state index contributed by atoms with van der Waals surface area (Å²) in [5.41, 5.74) is 0. The summed E-state index contributed by atoms with van der Waals surface area (Å²) in [7, 11) is 0. The van der Waals surface area contributed by atoms with Crippen LogP contribution in [0.3, 0.4) is 0 Å². The van der Waals surface area contributed by atoms with Crippen LogP contribution in [0.1, 0.15) is 20.3 Å². The topological polar surface area (TPSA) is 108 Å². The SMILES string of the molecule is CC(C)C[C@H](NC(=O)CNC(=O)NCCCl)C(=O)O. The van der Waals surface area contributed by atoms with Crippen LogP contribution in [-0.4, -0.2) is 48.0 Å². The number of carboxylic acids is 1. The molecule has 7 nitrogen and oxygen atoms in total. The molecule has 0 heterocycles. The zero-order valence-electron chi connectivity index (χ0n) is 11.0. The molecule has 8 heteroatoms. The van der Waals surface area contributed by atoms with Gasteiger partial charge >= 0.3 is 12.0 Å². The van der Waals surface area contributed by atoms with Crippen molar-refractivity contribution in [3.63, 3.8) is 0 Å². The number of aliphatic carboxylic acids is 1. The van der Waals surface area contributed by atoms with E-state index in [-0.39, 0.29) is 18.3 Å². The molecular weight excluding hydrogens is 274 g/mol. The minimum Gasteiger partial charge on any atom is -0.480 e. The summed E-state index contributed by atoms with van der Waals surface area (Å²) in [6.07, 6.45) is 0.333. The maximum atomic E-state index is 11.5. The number of hydrogen-bond donors (Lipinski definition) is 4. The summed E-state index contributed by atoms with van der Waals surface area (Å²) in [6, 6.07) is -1.47. The number of alkyl halides is 1. The lowest BCUT2D eigenvalue weighted by atomic mass is 10.0. The van der Waals surface area contributed by atoms with Gasteiger partial charge in [-0.05, 0) is 12.3 Å². The molecule has 0 aromatic rings. The Bertz CT molecular complexity index is 323. The zero-order chi connectivity index (χ0) is 14.8. The van der Waals surface area contributed by atoms with Crippen LogP contribution < -0.4 is 16.0 Å². The van der Waals surface area contributed by atoms with Crippen LogP contribution in [-0.2, 0) is 9.59 Å². The average Bonchev–Trinajstić information content (AvgIpc) is 2.32. The summed E-state index contributed by atoms with van der Waals surface area (Å²) < 4.78 is 0. The number of carboxylic acid groups (broad SMARTS) is 1. The van der Waals surface area contributed by atoms with Crippen molar-refractivity contribution in [3.8, 4) is 0 Å². The molecule has 0 radical (unpaired) electrons. The number of halogens is 1. The monoisotopic (exact) mass is 293 g/mol. The Hall–Kier alpha value is -1.50. The summed E-state index contributed by atoms with van der Waals surface area (Å²) in [6.45, 7) is 3.73. The molecule has 19 heavy (non-hydrogen) atoms. The summed E-state index contributed by atoms with van der Waals surface area (Å²) in [5.74, 6) is -1.22. The van der Waals surface area contributed by atoms with Crippen LogP contribution in [0.2, 0.25) is 0 Å². The fourth-order valence-electron chi connectivity index (χ4n) is 1.32. The number of carbonyl (C=O) groups is 3. The average molecular weight is 294 g/mol. The van der Waals surface area contributed by atoms with E-state index in [4.69, 9.17) is 16.7 Å². The number of amides is 3. The first-order chi connectivity index (χ1) is 8.86. The lowest BCUT2D eigenvalue weighted by Gasteiger charge is -2.16. The van der Waals surface area contributed by atoms with E-state index < -0.39 is 23.9 Å². The van der Waals surface area contributed by atoms with Gasteiger partial charge in [-0.3, -0.25) is 4.79 Å². The van der Waals surface area contributed by atoms with E-state index in [1.807, 2.05) is 13.8 Å². The van der Waals surface area contributed by atoms with E-state index in [9.17, 15) is 14.4 Å². The zero-order valence-corrected chi connectivity index (χ0v) is 11.8. The molecule has 0 unspecified atom stereocenters. The first-order valence-corrected chi connectivity index (χ1v) is 6.50. The van der Waals surface area contributed by atoms with Crippen LogP contribution >= 0.6 is 11.6 Å². The molecule has 3 amide bonds. The first-order valence-electron chi connectivity index (χ1n) is 5.96. The van der Waals surface area contributed by atoms with E-state index in [1.54, 1.807) is 0 Å². The maximum Gasteiger partial charge on any atom is 0.326 e. The highest BCUT2D eigenvalue weighted by atomic mass is 35.5. The predicted octanol–water partition coefficient (Wildman–Crippen LogP) is 0.140. The van der Waals surface area contributed by atoms with Gasteiger partial charge in [0, 0.05) is 12.4 Å². The highest BCUT2D eigenvalue weighted by molar-refractivity contribution is 6.18. The van der Waals surface area contributed by atoms with Gasteiger partial charge in [-0.2, -0.15) is 0 Å². The number of carbonyl (C=O) groups excluding carboxylic acids is 2. The van der Waals surface area contributed by atoms with Gasteiger partial charge in [-0.25, -0.2) is 9.59 Å². The molecule has 0 spiro atoms. The molecule has 0 aromatic carbocycles. The molecule has 0 saturated carbocycles. The minimum absolute atomic E-state index is 0.140. The van der Waals surface area contributed by atoms with Crippen molar-refractivity contribution in [1.82, 2.24) is 16.0 Å². The molecule has 0 aliphatic carbocycles. The molecule has 0 rings (SSSR count). The van der Waals surface area contributed by atoms with E-state index in [0.29, 0.717) is 13.0 Å². The Morgan fingerprint density at radius 2 is 1.84 bits per heavy atom. The van der Waals surface area contributed by atoms with Crippen molar-refractivity contribution in [2.45, 2.75) is 26.3 Å². The predicted molar refractivity (Wildman–Crippen MR) is 71.1 cm³/mol. The molecule has 0 aliphatic rings. The smallest absolute Gasteiger partial charge is 0.326 e.